The maximum atomic E-state index is 10.9. The second-order valence-electron chi connectivity index (χ2n) is 4.61. The Kier molecular flexibility index (Phi) is 4.32. The summed E-state index contributed by atoms with van der Waals surface area (Å²) in [5.74, 6) is 0.883. The summed E-state index contributed by atoms with van der Waals surface area (Å²) in [5.41, 5.74) is 0.719. The van der Waals surface area contributed by atoms with Crippen LogP contribution in [0.15, 0.2) is 47.1 Å². The van der Waals surface area contributed by atoms with Gasteiger partial charge in [0, 0.05) is 5.56 Å². The van der Waals surface area contributed by atoms with E-state index in [9.17, 15) is 10.1 Å². The largest absolute Gasteiger partial charge is 0.497 e. The summed E-state index contributed by atoms with van der Waals surface area (Å²) in [7, 11) is 1.56. The van der Waals surface area contributed by atoms with Crippen molar-refractivity contribution in [1.82, 2.24) is 15.1 Å². The van der Waals surface area contributed by atoms with Gasteiger partial charge in [0.1, 0.15) is 11.9 Å². The molecular formula is C15H12N4O5. The molecule has 0 atom stereocenters. The minimum Gasteiger partial charge on any atom is -0.497 e. The van der Waals surface area contributed by atoms with Gasteiger partial charge in [-0.15, -0.1) is 0 Å². The van der Waals surface area contributed by atoms with Gasteiger partial charge < -0.3 is 24.1 Å². The number of nitro groups is 1. The molecule has 0 aliphatic rings. The van der Waals surface area contributed by atoms with Gasteiger partial charge in [0.25, 0.3) is 5.89 Å². The van der Waals surface area contributed by atoms with Crippen molar-refractivity contribution in [2.24, 2.45) is 0 Å². The highest BCUT2D eigenvalue weighted by Crippen LogP contribution is 2.25. The van der Waals surface area contributed by atoms with E-state index < -0.39 is 4.92 Å². The van der Waals surface area contributed by atoms with Gasteiger partial charge in [-0.05, 0) is 34.2 Å². The van der Waals surface area contributed by atoms with Gasteiger partial charge in [-0.2, -0.15) is 4.98 Å². The van der Waals surface area contributed by atoms with Crippen LogP contribution < -0.4 is 9.47 Å². The van der Waals surface area contributed by atoms with Gasteiger partial charge in [-0.3, -0.25) is 0 Å². The third-order valence-electron chi connectivity index (χ3n) is 3.07. The van der Waals surface area contributed by atoms with Crippen LogP contribution in [0.3, 0.4) is 0 Å². The van der Waals surface area contributed by atoms with Crippen LogP contribution in [-0.2, 0) is 6.61 Å². The molecular weight excluding hydrogens is 316 g/mol. The Morgan fingerprint density at radius 2 is 2.17 bits per heavy atom. The molecule has 0 saturated carbocycles. The number of hydrogen-bond donors (Lipinski definition) is 0. The van der Waals surface area contributed by atoms with E-state index in [-0.39, 0.29) is 24.1 Å². The average molecular weight is 328 g/mol. The molecule has 0 amide bonds. The highest BCUT2D eigenvalue weighted by atomic mass is 16.6. The predicted octanol–water partition coefficient (Wildman–Crippen LogP) is 2.63. The van der Waals surface area contributed by atoms with Gasteiger partial charge in [0.2, 0.25) is 11.6 Å². The second kappa shape index (κ2) is 6.73. The number of ether oxygens (including phenoxy) is 2. The zero-order valence-electron chi connectivity index (χ0n) is 12.6. The van der Waals surface area contributed by atoms with Crippen LogP contribution in [0.5, 0.6) is 11.5 Å². The molecule has 2 heterocycles. The monoisotopic (exact) mass is 328 g/mol. The van der Waals surface area contributed by atoms with Crippen molar-refractivity contribution in [3.05, 3.63) is 58.6 Å². The smallest absolute Gasteiger partial charge is 0.406 e. The number of hydrogen-bond acceptors (Lipinski definition) is 8. The van der Waals surface area contributed by atoms with Gasteiger partial charge in [0.15, 0.2) is 6.61 Å². The number of nitrogens with zero attached hydrogens (tertiary/aromatic N) is 4. The molecule has 2 aromatic heterocycles. The molecule has 0 bridgehead atoms. The standard InChI is InChI=1S/C15H12N4O5/c1-22-11-5-2-4-10(8-11)14-17-13(24-18-14)9-23-12-6-3-7-16-15(12)19(20)21/h2-8H,9H2,1H3. The van der Waals surface area contributed by atoms with E-state index >= 15 is 0 Å². The SMILES string of the molecule is COc1cccc(-c2noc(COc3cccnc3[N+](=O)[O-])n2)c1. The Morgan fingerprint density at radius 1 is 1.29 bits per heavy atom. The van der Waals surface area contributed by atoms with Crippen molar-refractivity contribution >= 4 is 5.82 Å². The summed E-state index contributed by atoms with van der Waals surface area (Å²) >= 11 is 0. The molecule has 0 spiro atoms. The maximum absolute atomic E-state index is 10.9. The van der Waals surface area contributed by atoms with Crippen LogP contribution in [0, 0.1) is 10.1 Å². The molecule has 1 aromatic carbocycles. The minimum absolute atomic E-state index is 0.0311. The van der Waals surface area contributed by atoms with E-state index in [2.05, 4.69) is 15.1 Å². The molecule has 0 unspecified atom stereocenters. The lowest BCUT2D eigenvalue weighted by atomic mass is 10.2. The minimum atomic E-state index is -0.620. The van der Waals surface area contributed by atoms with Gasteiger partial charge in [-0.25, -0.2) is 0 Å². The highest BCUT2D eigenvalue weighted by molar-refractivity contribution is 5.56. The molecule has 0 saturated heterocycles. The molecule has 0 fully saturated rings. The van der Waals surface area contributed by atoms with Crippen LogP contribution >= 0.6 is 0 Å². The lowest BCUT2D eigenvalue weighted by Crippen LogP contribution is -2.00. The lowest BCUT2D eigenvalue weighted by molar-refractivity contribution is -0.390. The molecule has 0 aliphatic carbocycles. The van der Waals surface area contributed by atoms with Crippen molar-refractivity contribution in [2.45, 2.75) is 6.61 Å². The Labute approximate surface area is 136 Å². The first kappa shape index (κ1) is 15.4. The van der Waals surface area contributed by atoms with E-state index in [1.807, 2.05) is 6.07 Å². The topological polar surface area (TPSA) is 113 Å². The van der Waals surface area contributed by atoms with E-state index in [1.54, 1.807) is 25.3 Å². The van der Waals surface area contributed by atoms with Crippen molar-refractivity contribution in [1.29, 1.82) is 0 Å². The Morgan fingerprint density at radius 3 is 2.96 bits per heavy atom. The van der Waals surface area contributed by atoms with Crippen LogP contribution in [0.4, 0.5) is 5.82 Å². The number of aromatic nitrogens is 3. The van der Waals surface area contributed by atoms with Gasteiger partial charge >= 0.3 is 5.82 Å². The molecule has 9 heteroatoms. The Hall–Kier alpha value is -3.49. The lowest BCUT2D eigenvalue weighted by Gasteiger charge is -2.02. The predicted molar refractivity (Wildman–Crippen MR) is 81.5 cm³/mol. The van der Waals surface area contributed by atoms with Crippen LogP contribution in [0.25, 0.3) is 11.4 Å². The molecule has 3 aromatic rings. The van der Waals surface area contributed by atoms with E-state index in [0.29, 0.717) is 11.6 Å². The van der Waals surface area contributed by atoms with E-state index in [4.69, 9.17) is 14.0 Å². The summed E-state index contributed by atoms with van der Waals surface area (Å²) in [5, 5.41) is 14.7. The van der Waals surface area contributed by atoms with E-state index in [1.165, 1.54) is 18.3 Å². The maximum Gasteiger partial charge on any atom is 0.406 e. The molecule has 122 valence electrons. The van der Waals surface area contributed by atoms with Crippen molar-refractivity contribution < 1.29 is 18.9 Å². The third-order valence-corrected chi connectivity index (χ3v) is 3.07. The summed E-state index contributed by atoms with van der Waals surface area (Å²) < 4.78 is 15.6. The number of benzene rings is 1. The fourth-order valence-electron chi connectivity index (χ4n) is 1.96. The quantitative estimate of drug-likeness (QED) is 0.501. The number of rotatable bonds is 6. The molecule has 0 aliphatic heterocycles. The molecule has 9 nitrogen and oxygen atoms in total. The van der Waals surface area contributed by atoms with Crippen LogP contribution in [0.1, 0.15) is 5.89 Å². The summed E-state index contributed by atoms with van der Waals surface area (Å²) in [6, 6.07) is 10.2. The molecule has 0 N–H and O–H groups in total. The molecule has 3 rings (SSSR count). The first-order valence-electron chi connectivity index (χ1n) is 6.86. The van der Waals surface area contributed by atoms with Crippen molar-refractivity contribution in [3.8, 4) is 22.9 Å². The summed E-state index contributed by atoms with van der Waals surface area (Å²) in [6.45, 7) is -0.108. The summed E-state index contributed by atoms with van der Waals surface area (Å²) in [6.07, 6.45) is 1.32. The molecule has 24 heavy (non-hydrogen) atoms. The van der Waals surface area contributed by atoms with Gasteiger partial charge in [0.05, 0.1) is 7.11 Å². The fourth-order valence-corrected chi connectivity index (χ4v) is 1.96. The number of methoxy groups -OCH3 is 1. The highest BCUT2D eigenvalue weighted by Gasteiger charge is 2.17. The Balaban J connectivity index is 1.74. The molecule has 0 radical (unpaired) electrons. The normalized spacial score (nSPS) is 10.4. The summed E-state index contributed by atoms with van der Waals surface area (Å²) in [4.78, 5) is 18.1. The first-order chi connectivity index (χ1) is 11.7. The second-order valence-corrected chi connectivity index (χ2v) is 4.61. The van der Waals surface area contributed by atoms with Gasteiger partial charge in [-0.1, -0.05) is 17.3 Å². The van der Waals surface area contributed by atoms with Crippen LogP contribution in [-0.4, -0.2) is 27.2 Å². The van der Waals surface area contributed by atoms with Crippen molar-refractivity contribution in [2.75, 3.05) is 7.11 Å². The zero-order valence-corrected chi connectivity index (χ0v) is 12.6. The number of pyridine rings is 1. The zero-order chi connectivity index (χ0) is 16.9. The fraction of sp³-hybridized carbons (Fsp3) is 0.133. The third kappa shape index (κ3) is 3.29. The van der Waals surface area contributed by atoms with E-state index in [0.717, 1.165) is 5.56 Å². The first-order valence-corrected chi connectivity index (χ1v) is 6.86. The Bertz CT molecular complexity index is 864. The van der Waals surface area contributed by atoms with Crippen LogP contribution in [0.2, 0.25) is 0 Å². The average Bonchev–Trinajstić information content (AvgIpc) is 3.09. The van der Waals surface area contributed by atoms with Crippen molar-refractivity contribution in [3.63, 3.8) is 0 Å².